The minimum Gasteiger partial charge on any atom is -0.484 e. The van der Waals surface area contributed by atoms with Gasteiger partial charge in [-0.2, -0.15) is 0 Å². The van der Waals surface area contributed by atoms with Crippen LogP contribution in [-0.2, 0) is 4.79 Å². The predicted octanol–water partition coefficient (Wildman–Crippen LogP) is 3.22. The van der Waals surface area contributed by atoms with E-state index in [0.29, 0.717) is 0 Å². The van der Waals surface area contributed by atoms with Crippen LogP contribution in [0.3, 0.4) is 0 Å². The summed E-state index contributed by atoms with van der Waals surface area (Å²) >= 11 is 3.46. The zero-order chi connectivity index (χ0) is 15.5. The minimum atomic E-state index is 0. The van der Waals surface area contributed by atoms with Gasteiger partial charge in [0.25, 0.3) is 5.91 Å². The molecule has 6 heteroatoms. The van der Waals surface area contributed by atoms with E-state index in [-0.39, 0.29) is 31.0 Å². The Morgan fingerprint density at radius 3 is 2.78 bits per heavy atom. The molecule has 3 rings (SSSR count). The molecule has 1 fully saturated rings. The second-order valence-electron chi connectivity index (χ2n) is 5.59. The number of hydrogen-bond donors (Lipinski definition) is 1. The standard InChI is InChI=1S/C17H19BrN2O2.ClH/c1-20(15-6-7-19-10-15)17(21)11-22-16-5-3-12-8-14(18)4-2-13(12)9-16;/h2-5,8-9,15,19H,6-7,10-11H2,1H3;1H. The van der Waals surface area contributed by atoms with Gasteiger partial charge in [0.05, 0.1) is 0 Å². The lowest BCUT2D eigenvalue weighted by molar-refractivity contribution is -0.133. The number of hydrogen-bond acceptors (Lipinski definition) is 3. The zero-order valence-electron chi connectivity index (χ0n) is 12.9. The van der Waals surface area contributed by atoms with Gasteiger partial charge in [-0.05, 0) is 48.0 Å². The van der Waals surface area contributed by atoms with E-state index in [9.17, 15) is 4.79 Å². The third-order valence-electron chi connectivity index (χ3n) is 4.11. The Hall–Kier alpha value is -1.30. The molecule has 1 aliphatic heterocycles. The number of nitrogens with one attached hydrogen (secondary N) is 1. The lowest BCUT2D eigenvalue weighted by Crippen LogP contribution is -2.40. The van der Waals surface area contributed by atoms with Crippen LogP contribution in [0.5, 0.6) is 5.75 Å². The Balaban J connectivity index is 0.00000192. The molecular formula is C17H20BrClN2O2. The molecule has 1 heterocycles. The van der Waals surface area contributed by atoms with Gasteiger partial charge in [-0.15, -0.1) is 12.4 Å². The van der Waals surface area contributed by atoms with E-state index in [1.807, 2.05) is 37.4 Å². The Labute approximate surface area is 150 Å². The number of carbonyl (C=O) groups is 1. The first-order valence-corrected chi connectivity index (χ1v) is 8.21. The van der Waals surface area contributed by atoms with Crippen molar-refractivity contribution < 1.29 is 9.53 Å². The molecule has 0 aliphatic carbocycles. The van der Waals surface area contributed by atoms with Gasteiger partial charge in [0.1, 0.15) is 5.75 Å². The fourth-order valence-corrected chi connectivity index (χ4v) is 3.08. The molecule has 0 radical (unpaired) electrons. The molecule has 0 spiro atoms. The van der Waals surface area contributed by atoms with Crippen molar-refractivity contribution in [2.24, 2.45) is 0 Å². The minimum absolute atomic E-state index is 0. The highest BCUT2D eigenvalue weighted by molar-refractivity contribution is 9.10. The zero-order valence-corrected chi connectivity index (χ0v) is 15.3. The largest absolute Gasteiger partial charge is 0.484 e. The number of fused-ring (bicyclic) bond motifs is 1. The Morgan fingerprint density at radius 2 is 2.04 bits per heavy atom. The third-order valence-corrected chi connectivity index (χ3v) is 4.60. The number of ether oxygens (including phenoxy) is 1. The monoisotopic (exact) mass is 398 g/mol. The van der Waals surface area contributed by atoms with Crippen LogP contribution in [0.15, 0.2) is 40.9 Å². The van der Waals surface area contributed by atoms with Gasteiger partial charge in [-0.3, -0.25) is 4.79 Å². The number of nitrogens with zero attached hydrogens (tertiary/aromatic N) is 1. The molecular weight excluding hydrogens is 380 g/mol. The second kappa shape index (κ2) is 7.99. The number of likely N-dealkylation sites (N-methyl/N-ethyl adjacent to an activating group) is 1. The van der Waals surface area contributed by atoms with Gasteiger partial charge in [-0.25, -0.2) is 0 Å². The molecule has 0 saturated carbocycles. The molecule has 0 aromatic heterocycles. The van der Waals surface area contributed by atoms with E-state index in [4.69, 9.17) is 4.74 Å². The summed E-state index contributed by atoms with van der Waals surface area (Å²) in [4.78, 5) is 14.0. The third kappa shape index (κ3) is 4.37. The predicted molar refractivity (Wildman–Crippen MR) is 98.4 cm³/mol. The molecule has 124 valence electrons. The van der Waals surface area contributed by atoms with E-state index in [2.05, 4.69) is 27.3 Å². The summed E-state index contributed by atoms with van der Waals surface area (Å²) in [6.45, 7) is 1.92. The van der Waals surface area contributed by atoms with E-state index >= 15 is 0 Å². The smallest absolute Gasteiger partial charge is 0.260 e. The number of carbonyl (C=O) groups excluding carboxylic acids is 1. The summed E-state index contributed by atoms with van der Waals surface area (Å²) in [6.07, 6.45) is 1.01. The number of halogens is 2. The average molecular weight is 400 g/mol. The number of benzene rings is 2. The van der Waals surface area contributed by atoms with Gasteiger partial charge in [0, 0.05) is 24.1 Å². The van der Waals surface area contributed by atoms with Gasteiger partial charge in [-0.1, -0.05) is 28.1 Å². The van der Waals surface area contributed by atoms with Gasteiger partial charge in [0.2, 0.25) is 0 Å². The second-order valence-corrected chi connectivity index (χ2v) is 6.51. The van der Waals surface area contributed by atoms with Crippen LogP contribution < -0.4 is 10.1 Å². The Morgan fingerprint density at radius 1 is 1.30 bits per heavy atom. The molecule has 1 amide bonds. The highest BCUT2D eigenvalue weighted by Gasteiger charge is 2.23. The van der Waals surface area contributed by atoms with Crippen LogP contribution in [0.1, 0.15) is 6.42 Å². The van der Waals surface area contributed by atoms with Crippen molar-refractivity contribution in [3.05, 3.63) is 40.9 Å². The van der Waals surface area contributed by atoms with Gasteiger partial charge < -0.3 is 15.0 Å². The molecule has 23 heavy (non-hydrogen) atoms. The van der Waals surface area contributed by atoms with Crippen molar-refractivity contribution in [1.82, 2.24) is 10.2 Å². The molecule has 1 atom stereocenters. The Bertz CT molecular complexity index is 689. The first-order valence-electron chi connectivity index (χ1n) is 7.42. The molecule has 1 N–H and O–H groups in total. The molecule has 1 saturated heterocycles. The summed E-state index contributed by atoms with van der Waals surface area (Å²) in [7, 11) is 1.85. The maximum absolute atomic E-state index is 12.2. The van der Waals surface area contributed by atoms with Crippen molar-refractivity contribution in [3.63, 3.8) is 0 Å². The fourth-order valence-electron chi connectivity index (χ4n) is 2.70. The van der Waals surface area contributed by atoms with E-state index in [0.717, 1.165) is 40.5 Å². The average Bonchev–Trinajstić information content (AvgIpc) is 3.06. The highest BCUT2D eigenvalue weighted by Crippen LogP contribution is 2.24. The highest BCUT2D eigenvalue weighted by atomic mass is 79.9. The van der Waals surface area contributed by atoms with Crippen LogP contribution >= 0.6 is 28.3 Å². The van der Waals surface area contributed by atoms with Crippen molar-refractivity contribution >= 4 is 45.0 Å². The molecule has 1 aliphatic rings. The summed E-state index contributed by atoms with van der Waals surface area (Å²) in [5, 5.41) is 5.51. The molecule has 1 unspecified atom stereocenters. The van der Waals surface area contributed by atoms with Crippen molar-refractivity contribution in [3.8, 4) is 5.75 Å². The summed E-state index contributed by atoms with van der Waals surface area (Å²) in [6, 6.07) is 12.2. The molecule has 2 aromatic rings. The maximum atomic E-state index is 12.2. The topological polar surface area (TPSA) is 41.6 Å². The van der Waals surface area contributed by atoms with E-state index in [1.54, 1.807) is 4.90 Å². The van der Waals surface area contributed by atoms with Crippen molar-refractivity contribution in [2.75, 3.05) is 26.7 Å². The molecule has 4 nitrogen and oxygen atoms in total. The Kier molecular flexibility index (Phi) is 6.27. The maximum Gasteiger partial charge on any atom is 0.260 e. The first-order chi connectivity index (χ1) is 10.6. The van der Waals surface area contributed by atoms with Gasteiger partial charge in [0.15, 0.2) is 6.61 Å². The fraction of sp³-hybridized carbons (Fsp3) is 0.353. The normalized spacial score (nSPS) is 16.9. The van der Waals surface area contributed by atoms with Crippen LogP contribution in [0.25, 0.3) is 10.8 Å². The lowest BCUT2D eigenvalue weighted by Gasteiger charge is -2.23. The van der Waals surface area contributed by atoms with Crippen LogP contribution in [0.2, 0.25) is 0 Å². The lowest BCUT2D eigenvalue weighted by atomic mass is 10.1. The number of rotatable bonds is 4. The van der Waals surface area contributed by atoms with Crippen LogP contribution in [0.4, 0.5) is 0 Å². The first kappa shape index (κ1) is 18.0. The quantitative estimate of drug-likeness (QED) is 0.858. The van der Waals surface area contributed by atoms with E-state index in [1.165, 1.54) is 0 Å². The summed E-state index contributed by atoms with van der Waals surface area (Å²) in [5.74, 6) is 0.741. The molecule has 2 aromatic carbocycles. The summed E-state index contributed by atoms with van der Waals surface area (Å²) < 4.78 is 6.72. The number of amides is 1. The van der Waals surface area contributed by atoms with Crippen LogP contribution in [-0.4, -0.2) is 43.6 Å². The summed E-state index contributed by atoms with van der Waals surface area (Å²) in [5.41, 5.74) is 0. The molecule has 0 bridgehead atoms. The van der Waals surface area contributed by atoms with Gasteiger partial charge >= 0.3 is 0 Å². The SMILES string of the molecule is CN(C(=O)COc1ccc2cc(Br)ccc2c1)C1CCNC1.Cl. The van der Waals surface area contributed by atoms with E-state index < -0.39 is 0 Å². The van der Waals surface area contributed by atoms with Crippen LogP contribution in [0, 0.1) is 0 Å². The van der Waals surface area contributed by atoms with Crippen molar-refractivity contribution in [2.45, 2.75) is 12.5 Å². The van der Waals surface area contributed by atoms with Crippen molar-refractivity contribution in [1.29, 1.82) is 0 Å².